The fraction of sp³-hybridized carbons (Fsp3) is 0.462. The Labute approximate surface area is 149 Å². The molecule has 26 heavy (non-hydrogen) atoms. The predicted octanol–water partition coefficient (Wildman–Crippen LogP) is -0.983. The van der Waals surface area contributed by atoms with Crippen LogP contribution in [0.2, 0.25) is 5.28 Å². The molecule has 12 nitrogen and oxygen atoms in total. The molecule has 2 fully saturated rings. The summed E-state index contributed by atoms with van der Waals surface area (Å²) in [5.41, 5.74) is 4.85. The van der Waals surface area contributed by atoms with Gasteiger partial charge in [-0.2, -0.15) is 9.97 Å². The Kier molecular flexibility index (Phi) is 3.56. The normalized spacial score (nSPS) is 29.9. The summed E-state index contributed by atoms with van der Waals surface area (Å²) in [7, 11) is 0. The third kappa shape index (κ3) is 2.38. The summed E-state index contributed by atoms with van der Waals surface area (Å²) in [6, 6.07) is 0. The lowest BCUT2D eigenvalue weighted by Crippen LogP contribution is -2.36. The van der Waals surface area contributed by atoms with Gasteiger partial charge in [-0.25, -0.2) is 14.6 Å². The number of aliphatic carboxylic acids is 2. The van der Waals surface area contributed by atoms with E-state index in [0.29, 0.717) is 11.2 Å². The molecule has 1 saturated carbocycles. The van der Waals surface area contributed by atoms with Gasteiger partial charge in [-0.05, 0) is 11.6 Å². The van der Waals surface area contributed by atoms with Gasteiger partial charge in [0.1, 0.15) is 29.6 Å². The van der Waals surface area contributed by atoms with Gasteiger partial charge in [0.15, 0.2) is 11.5 Å². The van der Waals surface area contributed by atoms with Crippen molar-refractivity contribution in [2.45, 2.75) is 36.6 Å². The number of halogens is 1. The molecule has 0 aromatic carbocycles. The zero-order valence-electron chi connectivity index (χ0n) is 12.8. The molecule has 1 unspecified atom stereocenters. The van der Waals surface area contributed by atoms with Crippen molar-refractivity contribution in [2.24, 2.45) is 0 Å². The van der Waals surface area contributed by atoms with E-state index in [4.69, 9.17) is 37.0 Å². The first kappa shape index (κ1) is 16.9. The van der Waals surface area contributed by atoms with E-state index in [1.807, 2.05) is 0 Å². The predicted molar refractivity (Wildman–Crippen MR) is 82.2 cm³/mol. The topological polar surface area (TPSA) is 183 Å². The summed E-state index contributed by atoms with van der Waals surface area (Å²) >= 11 is 5.80. The Hall–Kier alpha value is -2.54. The monoisotopic (exact) mass is 385 g/mol. The summed E-state index contributed by atoms with van der Waals surface area (Å²) in [6.07, 6.45) is -3.29. The second-order valence-electron chi connectivity index (χ2n) is 6.02. The minimum absolute atomic E-state index is 0.0152. The van der Waals surface area contributed by atoms with Crippen LogP contribution in [0.15, 0.2) is 6.33 Å². The SMILES string of the molecule is Nc1nc(Cl)nc2c1ncn2[C@H]1C[C@@]2(O)C(OC(C(=O)O)C(=O)O)[C@H]2O1. The average Bonchev–Trinajstić information content (AvgIpc) is 2.89. The molecule has 138 valence electrons. The smallest absolute Gasteiger partial charge is 0.344 e. The van der Waals surface area contributed by atoms with Crippen LogP contribution in [0.3, 0.4) is 0 Å². The number of aliphatic hydroxyl groups is 1. The molecule has 1 saturated heterocycles. The Morgan fingerprint density at radius 2 is 2.12 bits per heavy atom. The van der Waals surface area contributed by atoms with Crippen molar-refractivity contribution in [2.75, 3.05) is 5.73 Å². The standard InChI is InChI=1S/C13H12ClN5O7/c14-12-17-8(15)4-9(18-12)19(2-16-4)3-1-13(24)6(25-3)7(13)26-5(10(20)21)11(22)23/h2-3,5-7,24H,1H2,(H,20,21)(H,22,23)(H2,15,17,18)/t3-,6-,7?,13+/m1/s1. The number of fused-ring (bicyclic) bond motifs is 2. The molecular weight excluding hydrogens is 374 g/mol. The van der Waals surface area contributed by atoms with E-state index in [9.17, 15) is 14.7 Å². The Morgan fingerprint density at radius 1 is 1.42 bits per heavy atom. The molecule has 2 aromatic rings. The number of nitrogen functional groups attached to an aromatic ring is 1. The number of carboxylic acid groups (broad SMARTS) is 2. The van der Waals surface area contributed by atoms with Gasteiger partial charge in [-0.1, -0.05) is 0 Å². The second-order valence-corrected chi connectivity index (χ2v) is 6.36. The highest BCUT2D eigenvalue weighted by molar-refractivity contribution is 6.28. The molecule has 5 N–H and O–H groups in total. The number of hydrogen-bond donors (Lipinski definition) is 4. The van der Waals surface area contributed by atoms with E-state index >= 15 is 0 Å². The fourth-order valence-electron chi connectivity index (χ4n) is 3.12. The van der Waals surface area contributed by atoms with Crippen LogP contribution in [-0.2, 0) is 19.1 Å². The number of nitrogens with two attached hydrogens (primary N) is 1. The molecule has 2 aromatic heterocycles. The number of nitrogens with zero attached hydrogens (tertiary/aromatic N) is 4. The van der Waals surface area contributed by atoms with Crippen molar-refractivity contribution in [1.82, 2.24) is 19.5 Å². The summed E-state index contributed by atoms with van der Waals surface area (Å²) in [5.74, 6) is -3.23. The third-order valence-electron chi connectivity index (χ3n) is 4.42. The lowest BCUT2D eigenvalue weighted by molar-refractivity contribution is -0.170. The van der Waals surface area contributed by atoms with E-state index in [0.717, 1.165) is 0 Å². The van der Waals surface area contributed by atoms with Gasteiger partial charge in [-0.3, -0.25) is 4.57 Å². The zero-order chi connectivity index (χ0) is 18.8. The molecule has 1 aliphatic heterocycles. The van der Waals surface area contributed by atoms with Crippen molar-refractivity contribution in [3.63, 3.8) is 0 Å². The first-order chi connectivity index (χ1) is 12.2. The maximum atomic E-state index is 10.9. The minimum atomic E-state index is -2.09. The van der Waals surface area contributed by atoms with Gasteiger partial charge < -0.3 is 30.5 Å². The summed E-state index contributed by atoms with van der Waals surface area (Å²) in [5, 5.41) is 28.2. The first-order valence-electron chi connectivity index (χ1n) is 7.37. The number of anilines is 1. The highest BCUT2D eigenvalue weighted by atomic mass is 35.5. The second kappa shape index (κ2) is 5.48. The molecule has 2 aliphatic rings. The number of rotatable bonds is 5. The van der Waals surface area contributed by atoms with Crippen LogP contribution in [0.25, 0.3) is 11.2 Å². The molecule has 1 aliphatic carbocycles. The third-order valence-corrected chi connectivity index (χ3v) is 4.59. The van der Waals surface area contributed by atoms with E-state index < -0.39 is 42.1 Å². The van der Waals surface area contributed by atoms with Crippen LogP contribution in [0.5, 0.6) is 0 Å². The Balaban J connectivity index is 1.54. The highest BCUT2D eigenvalue weighted by Gasteiger charge is 2.73. The number of carbonyl (C=O) groups is 2. The van der Waals surface area contributed by atoms with Crippen molar-refractivity contribution in [1.29, 1.82) is 0 Å². The first-order valence-corrected chi connectivity index (χ1v) is 7.74. The fourth-order valence-corrected chi connectivity index (χ4v) is 3.29. The molecular formula is C13H12ClN5O7. The highest BCUT2D eigenvalue weighted by Crippen LogP contribution is 2.55. The van der Waals surface area contributed by atoms with E-state index in [2.05, 4.69) is 15.0 Å². The van der Waals surface area contributed by atoms with Gasteiger partial charge in [0.05, 0.1) is 6.33 Å². The van der Waals surface area contributed by atoms with Gasteiger partial charge >= 0.3 is 11.9 Å². The zero-order valence-corrected chi connectivity index (χ0v) is 13.6. The summed E-state index contributed by atoms with van der Waals surface area (Å²) < 4.78 is 12.1. The van der Waals surface area contributed by atoms with Crippen LogP contribution in [0.4, 0.5) is 5.82 Å². The molecule has 4 rings (SSSR count). The van der Waals surface area contributed by atoms with Gasteiger partial charge in [-0.15, -0.1) is 0 Å². The van der Waals surface area contributed by atoms with Gasteiger partial charge in [0.25, 0.3) is 6.10 Å². The molecule has 13 heteroatoms. The van der Waals surface area contributed by atoms with Crippen molar-refractivity contribution >= 4 is 40.5 Å². The largest absolute Gasteiger partial charge is 0.479 e. The Bertz CT molecular complexity index is 921. The van der Waals surface area contributed by atoms with Crippen molar-refractivity contribution < 1.29 is 34.4 Å². The van der Waals surface area contributed by atoms with Gasteiger partial charge in [0, 0.05) is 6.42 Å². The van der Waals surface area contributed by atoms with Crippen LogP contribution in [0, 0.1) is 0 Å². The van der Waals surface area contributed by atoms with E-state index in [1.165, 1.54) is 10.9 Å². The lowest BCUT2D eigenvalue weighted by atomic mass is 10.2. The van der Waals surface area contributed by atoms with Crippen molar-refractivity contribution in [3.05, 3.63) is 11.6 Å². The maximum Gasteiger partial charge on any atom is 0.344 e. The Morgan fingerprint density at radius 3 is 2.69 bits per heavy atom. The number of aromatic nitrogens is 4. The number of carboxylic acids is 2. The van der Waals surface area contributed by atoms with E-state index in [1.54, 1.807) is 0 Å². The number of ether oxygens (including phenoxy) is 2. The quantitative estimate of drug-likeness (QED) is 0.366. The molecule has 0 radical (unpaired) electrons. The van der Waals surface area contributed by atoms with E-state index in [-0.39, 0.29) is 17.5 Å². The minimum Gasteiger partial charge on any atom is -0.479 e. The lowest BCUT2D eigenvalue weighted by Gasteiger charge is -2.19. The average molecular weight is 386 g/mol. The number of imidazole rings is 1. The van der Waals surface area contributed by atoms with Crippen molar-refractivity contribution in [3.8, 4) is 0 Å². The molecule has 4 atom stereocenters. The maximum absolute atomic E-state index is 10.9. The van der Waals surface area contributed by atoms with Gasteiger partial charge in [0.2, 0.25) is 5.28 Å². The van der Waals surface area contributed by atoms with Crippen LogP contribution >= 0.6 is 11.6 Å². The molecule has 0 amide bonds. The summed E-state index contributed by atoms with van der Waals surface area (Å²) in [6.45, 7) is 0. The molecule has 0 bridgehead atoms. The summed E-state index contributed by atoms with van der Waals surface area (Å²) in [4.78, 5) is 33.7. The molecule has 0 spiro atoms. The molecule has 3 heterocycles. The number of hydrogen-bond acceptors (Lipinski definition) is 9. The van der Waals surface area contributed by atoms with Crippen LogP contribution < -0.4 is 5.73 Å². The van der Waals surface area contributed by atoms with Crippen LogP contribution in [-0.4, -0.2) is 70.7 Å². The van der Waals surface area contributed by atoms with Crippen LogP contribution in [0.1, 0.15) is 12.6 Å².